The topological polar surface area (TPSA) is 147 Å². The second-order valence-corrected chi connectivity index (χ2v) is 13.5. The molecular weight excluding hydrogens is 621 g/mol. The van der Waals surface area contributed by atoms with Crippen molar-refractivity contribution in [2.45, 2.75) is 24.7 Å². The van der Waals surface area contributed by atoms with Crippen molar-refractivity contribution in [3.63, 3.8) is 0 Å². The molecule has 12 nitrogen and oxygen atoms in total. The van der Waals surface area contributed by atoms with E-state index >= 15 is 0 Å². The van der Waals surface area contributed by atoms with Gasteiger partial charge in [0.1, 0.15) is 12.4 Å². The van der Waals surface area contributed by atoms with Gasteiger partial charge in [-0.25, -0.2) is 17.6 Å². The SMILES string of the molecule is COc1cc2c(Oc3ccc([N+](=O)[O-])cc3F)ccnc2cc1OCS(=O)(=O)C1CC2CN(C(=O)OCc3ccccc3)CC2C1. The van der Waals surface area contributed by atoms with E-state index in [-0.39, 0.29) is 41.4 Å². The number of benzene rings is 3. The molecule has 6 rings (SSSR count). The summed E-state index contributed by atoms with van der Waals surface area (Å²) in [5.74, 6) is -1.05. The van der Waals surface area contributed by atoms with Crippen LogP contribution in [0.3, 0.4) is 0 Å². The van der Waals surface area contributed by atoms with Crippen LogP contribution in [0.25, 0.3) is 10.9 Å². The molecule has 1 aliphatic carbocycles. The second-order valence-electron chi connectivity index (χ2n) is 11.3. The van der Waals surface area contributed by atoms with Gasteiger partial charge in [0.05, 0.1) is 28.9 Å². The van der Waals surface area contributed by atoms with Crippen LogP contribution in [-0.2, 0) is 21.2 Å². The van der Waals surface area contributed by atoms with E-state index in [4.69, 9.17) is 18.9 Å². The molecule has 2 aliphatic rings. The molecule has 0 N–H and O–H groups in total. The Hall–Kier alpha value is -4.98. The van der Waals surface area contributed by atoms with Crippen LogP contribution in [0.4, 0.5) is 14.9 Å². The van der Waals surface area contributed by atoms with Gasteiger partial charge in [0.2, 0.25) is 0 Å². The molecule has 3 aromatic carbocycles. The highest BCUT2D eigenvalue weighted by molar-refractivity contribution is 7.91. The van der Waals surface area contributed by atoms with Crippen LogP contribution in [0.2, 0.25) is 0 Å². The fourth-order valence-corrected chi connectivity index (χ4v) is 7.60. The molecule has 0 spiro atoms. The molecule has 14 heteroatoms. The van der Waals surface area contributed by atoms with Gasteiger partial charge in [-0.2, -0.15) is 0 Å². The van der Waals surface area contributed by atoms with Crippen molar-refractivity contribution in [3.8, 4) is 23.0 Å². The number of nitro benzene ring substituents is 1. The number of hydrogen-bond donors (Lipinski definition) is 0. The number of likely N-dealkylation sites (tertiary alicyclic amines) is 1. The Balaban J connectivity index is 1.09. The second kappa shape index (κ2) is 12.8. The predicted octanol–water partition coefficient (Wildman–Crippen LogP) is 5.88. The molecule has 2 unspecified atom stereocenters. The average Bonchev–Trinajstić information content (AvgIpc) is 3.65. The summed E-state index contributed by atoms with van der Waals surface area (Å²) in [6.07, 6.45) is 1.88. The number of ether oxygens (including phenoxy) is 4. The Morgan fingerprint density at radius 1 is 1.00 bits per heavy atom. The van der Waals surface area contributed by atoms with Gasteiger partial charge in [-0.05, 0) is 48.4 Å². The Bertz CT molecular complexity index is 1880. The summed E-state index contributed by atoms with van der Waals surface area (Å²) in [6, 6.07) is 17.0. The van der Waals surface area contributed by atoms with Crippen molar-refractivity contribution in [2.75, 3.05) is 26.1 Å². The van der Waals surface area contributed by atoms with Crippen molar-refractivity contribution in [2.24, 2.45) is 11.8 Å². The van der Waals surface area contributed by atoms with Gasteiger partial charge in [-0.15, -0.1) is 0 Å². The highest BCUT2D eigenvalue weighted by Crippen LogP contribution is 2.42. The lowest BCUT2D eigenvalue weighted by Crippen LogP contribution is -2.32. The number of nitrogens with zero attached hydrogens (tertiary/aromatic N) is 3. The van der Waals surface area contributed by atoms with Crippen LogP contribution in [0.1, 0.15) is 18.4 Å². The van der Waals surface area contributed by atoms with Gasteiger partial charge in [-0.1, -0.05) is 30.3 Å². The van der Waals surface area contributed by atoms with Crippen LogP contribution >= 0.6 is 0 Å². The molecule has 240 valence electrons. The number of pyridine rings is 1. The minimum Gasteiger partial charge on any atom is -0.493 e. The molecule has 1 aliphatic heterocycles. The number of carbonyl (C=O) groups excluding carboxylic acids is 1. The fourth-order valence-electron chi connectivity index (χ4n) is 6.03. The summed E-state index contributed by atoms with van der Waals surface area (Å²) in [5.41, 5.74) is 0.846. The summed E-state index contributed by atoms with van der Waals surface area (Å²) in [5, 5.41) is 10.8. The molecular formula is C32H30FN3O9S. The van der Waals surface area contributed by atoms with Gasteiger partial charge >= 0.3 is 6.09 Å². The zero-order valence-electron chi connectivity index (χ0n) is 24.7. The maximum atomic E-state index is 14.5. The first kappa shape index (κ1) is 31.0. The minimum absolute atomic E-state index is 0.0578. The van der Waals surface area contributed by atoms with E-state index < -0.39 is 43.5 Å². The van der Waals surface area contributed by atoms with Crippen LogP contribution < -0.4 is 14.2 Å². The maximum absolute atomic E-state index is 14.5. The predicted molar refractivity (Wildman–Crippen MR) is 164 cm³/mol. The first-order chi connectivity index (χ1) is 22.1. The lowest BCUT2D eigenvalue weighted by atomic mass is 10.0. The van der Waals surface area contributed by atoms with Gasteiger partial charge in [0.25, 0.3) is 5.69 Å². The summed E-state index contributed by atoms with van der Waals surface area (Å²) in [7, 11) is -2.28. The zero-order chi connectivity index (χ0) is 32.4. The fraction of sp³-hybridized carbons (Fsp3) is 0.312. The lowest BCUT2D eigenvalue weighted by Gasteiger charge is -2.20. The van der Waals surface area contributed by atoms with Crippen LogP contribution in [-0.4, -0.2) is 60.7 Å². The Kier molecular flexibility index (Phi) is 8.63. The largest absolute Gasteiger partial charge is 0.493 e. The highest BCUT2D eigenvalue weighted by Gasteiger charge is 2.47. The molecule has 2 atom stereocenters. The third kappa shape index (κ3) is 6.52. The molecule has 46 heavy (non-hydrogen) atoms. The van der Waals surface area contributed by atoms with E-state index in [1.54, 1.807) is 4.90 Å². The van der Waals surface area contributed by atoms with E-state index in [0.717, 1.165) is 23.8 Å². The summed E-state index contributed by atoms with van der Waals surface area (Å²) < 4.78 is 63.6. The van der Waals surface area contributed by atoms with Gasteiger partial charge in [0.15, 0.2) is 38.8 Å². The van der Waals surface area contributed by atoms with E-state index in [1.165, 1.54) is 31.5 Å². The molecule has 1 amide bonds. The van der Waals surface area contributed by atoms with Crippen molar-refractivity contribution in [1.82, 2.24) is 9.88 Å². The average molecular weight is 652 g/mol. The third-order valence-corrected chi connectivity index (χ3v) is 10.2. The third-order valence-electron chi connectivity index (χ3n) is 8.39. The Morgan fingerprint density at radius 3 is 2.41 bits per heavy atom. The van der Waals surface area contributed by atoms with Gasteiger partial charge in [0, 0.05) is 36.8 Å². The van der Waals surface area contributed by atoms with E-state index in [2.05, 4.69) is 4.98 Å². The normalized spacial score (nSPS) is 19.1. The molecule has 0 bridgehead atoms. The number of rotatable bonds is 10. The van der Waals surface area contributed by atoms with Crippen molar-refractivity contribution < 1.29 is 41.5 Å². The number of non-ortho nitro benzene ring substituents is 1. The summed E-state index contributed by atoms with van der Waals surface area (Å²) >= 11 is 0. The number of aromatic nitrogens is 1. The van der Waals surface area contributed by atoms with Gasteiger partial charge in [-0.3, -0.25) is 15.1 Å². The molecule has 1 saturated heterocycles. The summed E-state index contributed by atoms with van der Waals surface area (Å²) in [4.78, 5) is 28.8. The smallest absolute Gasteiger partial charge is 0.410 e. The number of amides is 1. The minimum atomic E-state index is -3.67. The van der Waals surface area contributed by atoms with Crippen LogP contribution in [0.15, 0.2) is 72.9 Å². The number of fused-ring (bicyclic) bond motifs is 2. The first-order valence-corrected chi connectivity index (χ1v) is 16.2. The van der Waals surface area contributed by atoms with Crippen molar-refractivity contribution in [1.29, 1.82) is 0 Å². The van der Waals surface area contributed by atoms with Crippen molar-refractivity contribution in [3.05, 3.63) is 94.4 Å². The number of methoxy groups -OCH3 is 1. The summed E-state index contributed by atoms with van der Waals surface area (Å²) in [6.45, 7) is 1.08. The quantitative estimate of drug-likeness (QED) is 0.150. The highest BCUT2D eigenvalue weighted by atomic mass is 32.2. The van der Waals surface area contributed by atoms with Crippen LogP contribution in [0.5, 0.6) is 23.0 Å². The number of carbonyl (C=O) groups is 1. The van der Waals surface area contributed by atoms with E-state index in [0.29, 0.717) is 36.8 Å². The van der Waals surface area contributed by atoms with Crippen molar-refractivity contribution >= 4 is 32.5 Å². The monoisotopic (exact) mass is 651 g/mol. The number of sulfone groups is 1. The standard InChI is InChI=1S/C32H30FN3O9S/c1-42-30-14-25-27(34-10-9-28(25)45-29-8-7-23(36(38)39)13-26(29)33)15-31(30)44-19-46(40,41)24-11-21-16-35(17-22(21)12-24)32(37)43-18-20-5-3-2-4-6-20/h2-10,13-15,21-22,24H,11-12,16-19H2,1H3. The molecule has 1 aromatic heterocycles. The lowest BCUT2D eigenvalue weighted by molar-refractivity contribution is -0.385. The molecule has 2 heterocycles. The number of halogens is 1. The zero-order valence-corrected chi connectivity index (χ0v) is 25.5. The van der Waals surface area contributed by atoms with E-state index in [9.17, 15) is 27.7 Å². The Labute approximate surface area is 263 Å². The van der Waals surface area contributed by atoms with Crippen LogP contribution in [0, 0.1) is 27.8 Å². The first-order valence-electron chi connectivity index (χ1n) is 14.5. The molecule has 0 radical (unpaired) electrons. The van der Waals surface area contributed by atoms with E-state index in [1.807, 2.05) is 30.3 Å². The molecule has 4 aromatic rings. The molecule has 2 fully saturated rings. The molecule has 1 saturated carbocycles. The number of nitro groups is 1. The maximum Gasteiger partial charge on any atom is 0.410 e. The Morgan fingerprint density at radius 2 is 1.74 bits per heavy atom. The number of hydrogen-bond acceptors (Lipinski definition) is 10. The van der Waals surface area contributed by atoms with Gasteiger partial charge < -0.3 is 23.8 Å².